The fourth-order valence-electron chi connectivity index (χ4n) is 4.36. The zero-order chi connectivity index (χ0) is 12.8. The molecule has 0 aliphatic heterocycles. The Balaban J connectivity index is 2.07. The van der Waals surface area contributed by atoms with Crippen LogP contribution in [0.25, 0.3) is 0 Å². The molecule has 98 valence electrons. The number of amides is 1. The summed E-state index contributed by atoms with van der Waals surface area (Å²) < 4.78 is 0. The smallest absolute Gasteiger partial charge is 0.218 e. The zero-order valence-corrected chi connectivity index (χ0v) is 11.5. The van der Waals surface area contributed by atoms with Gasteiger partial charge in [0, 0.05) is 18.5 Å². The van der Waals surface area contributed by atoms with Gasteiger partial charge in [-0.1, -0.05) is 20.8 Å². The van der Waals surface area contributed by atoms with Crippen molar-refractivity contribution in [1.82, 2.24) is 5.32 Å². The van der Waals surface area contributed by atoms with Gasteiger partial charge in [0.15, 0.2) is 0 Å². The maximum Gasteiger partial charge on any atom is 0.218 e. The molecular weight excluding hydrogens is 212 g/mol. The molecule has 0 aromatic heterocycles. The highest BCUT2D eigenvalue weighted by Crippen LogP contribution is 2.62. The van der Waals surface area contributed by atoms with Crippen molar-refractivity contribution < 1.29 is 4.79 Å². The number of nitrogens with one attached hydrogen (secondary N) is 1. The number of nitrogens with two attached hydrogens (primary N) is 1. The molecule has 1 amide bonds. The highest BCUT2D eigenvalue weighted by Gasteiger charge is 2.59. The quantitative estimate of drug-likeness (QED) is 0.787. The van der Waals surface area contributed by atoms with Gasteiger partial charge in [-0.25, -0.2) is 0 Å². The van der Waals surface area contributed by atoms with E-state index in [-0.39, 0.29) is 11.9 Å². The van der Waals surface area contributed by atoms with Gasteiger partial charge < -0.3 is 11.1 Å². The lowest BCUT2D eigenvalue weighted by molar-refractivity contribution is -0.118. The SMILES string of the molecule is CC(CC(N)=O)NC1C2(C)CCC(C2)C1(C)C. The average molecular weight is 238 g/mol. The number of fused-ring (bicyclic) bond motifs is 2. The summed E-state index contributed by atoms with van der Waals surface area (Å²) in [4.78, 5) is 11.0. The normalized spacial score (nSPS) is 40.5. The Hall–Kier alpha value is -0.570. The van der Waals surface area contributed by atoms with E-state index in [1.165, 1.54) is 19.3 Å². The van der Waals surface area contributed by atoms with Gasteiger partial charge in [-0.05, 0) is 42.9 Å². The topological polar surface area (TPSA) is 55.1 Å². The van der Waals surface area contributed by atoms with E-state index in [4.69, 9.17) is 5.73 Å². The molecular formula is C14H26N2O. The van der Waals surface area contributed by atoms with Gasteiger partial charge in [0.05, 0.1) is 0 Å². The van der Waals surface area contributed by atoms with E-state index in [0.717, 1.165) is 5.92 Å². The second-order valence-corrected chi connectivity index (χ2v) is 7.09. The Morgan fingerprint density at radius 3 is 2.59 bits per heavy atom. The second kappa shape index (κ2) is 3.98. The van der Waals surface area contributed by atoms with Crippen LogP contribution in [0.15, 0.2) is 0 Å². The van der Waals surface area contributed by atoms with Gasteiger partial charge in [0.25, 0.3) is 0 Å². The first-order chi connectivity index (χ1) is 7.75. The number of rotatable bonds is 4. The van der Waals surface area contributed by atoms with Crippen molar-refractivity contribution in [2.75, 3.05) is 0 Å². The first-order valence-corrected chi connectivity index (χ1v) is 6.80. The van der Waals surface area contributed by atoms with Crippen LogP contribution < -0.4 is 11.1 Å². The monoisotopic (exact) mass is 238 g/mol. The summed E-state index contributed by atoms with van der Waals surface area (Å²) in [5.41, 5.74) is 6.03. The van der Waals surface area contributed by atoms with Crippen LogP contribution in [0.3, 0.4) is 0 Å². The molecule has 3 nitrogen and oxygen atoms in total. The first-order valence-electron chi connectivity index (χ1n) is 6.80. The van der Waals surface area contributed by atoms with Crippen molar-refractivity contribution >= 4 is 5.91 Å². The van der Waals surface area contributed by atoms with Crippen molar-refractivity contribution in [2.45, 2.75) is 65.5 Å². The lowest BCUT2D eigenvalue weighted by Gasteiger charge is -2.44. The highest BCUT2D eigenvalue weighted by molar-refractivity contribution is 5.74. The van der Waals surface area contributed by atoms with E-state index in [2.05, 4.69) is 33.0 Å². The summed E-state index contributed by atoms with van der Waals surface area (Å²) in [5, 5.41) is 3.67. The summed E-state index contributed by atoms with van der Waals surface area (Å²) >= 11 is 0. The number of carbonyl (C=O) groups excluding carboxylic acids is 1. The third-order valence-electron chi connectivity index (χ3n) is 5.23. The lowest BCUT2D eigenvalue weighted by Crippen LogP contribution is -2.53. The summed E-state index contributed by atoms with van der Waals surface area (Å²) in [6, 6.07) is 0.705. The fourth-order valence-corrected chi connectivity index (χ4v) is 4.36. The second-order valence-electron chi connectivity index (χ2n) is 7.09. The Labute approximate surface area is 105 Å². The van der Waals surface area contributed by atoms with E-state index in [1.54, 1.807) is 0 Å². The van der Waals surface area contributed by atoms with Crippen LogP contribution in [-0.2, 0) is 4.79 Å². The van der Waals surface area contributed by atoms with Gasteiger partial charge in [-0.3, -0.25) is 4.79 Å². The van der Waals surface area contributed by atoms with E-state index in [0.29, 0.717) is 23.3 Å². The Bertz CT molecular complexity index is 321. The van der Waals surface area contributed by atoms with Gasteiger partial charge in [-0.15, -0.1) is 0 Å². The van der Waals surface area contributed by atoms with Crippen molar-refractivity contribution in [1.29, 1.82) is 0 Å². The fraction of sp³-hybridized carbons (Fsp3) is 0.929. The molecule has 4 unspecified atom stereocenters. The number of hydrogen-bond acceptors (Lipinski definition) is 2. The third kappa shape index (κ3) is 2.10. The standard InChI is InChI=1S/C14H26N2O/c1-9(7-11(15)17)16-12-13(2,3)10-5-6-14(12,4)8-10/h9-10,12,16H,5-8H2,1-4H3,(H2,15,17). The first kappa shape index (κ1) is 12.9. The van der Waals surface area contributed by atoms with Gasteiger partial charge in [-0.2, -0.15) is 0 Å². The van der Waals surface area contributed by atoms with Crippen LogP contribution in [0, 0.1) is 16.7 Å². The van der Waals surface area contributed by atoms with Crippen LogP contribution in [0.2, 0.25) is 0 Å². The third-order valence-corrected chi connectivity index (χ3v) is 5.23. The summed E-state index contributed by atoms with van der Waals surface area (Å²) in [5.74, 6) is 0.627. The molecule has 17 heavy (non-hydrogen) atoms. The van der Waals surface area contributed by atoms with E-state index < -0.39 is 0 Å². The van der Waals surface area contributed by atoms with Crippen LogP contribution in [-0.4, -0.2) is 18.0 Å². The molecule has 0 saturated heterocycles. The van der Waals surface area contributed by atoms with Crippen LogP contribution in [0.1, 0.15) is 53.4 Å². The van der Waals surface area contributed by atoms with Crippen LogP contribution in [0.4, 0.5) is 0 Å². The molecule has 4 atom stereocenters. The maximum atomic E-state index is 11.0. The van der Waals surface area contributed by atoms with Crippen LogP contribution >= 0.6 is 0 Å². The largest absolute Gasteiger partial charge is 0.370 e. The predicted molar refractivity (Wildman–Crippen MR) is 69.4 cm³/mol. The minimum atomic E-state index is -0.212. The van der Waals surface area contributed by atoms with Crippen molar-refractivity contribution in [3.05, 3.63) is 0 Å². The molecule has 2 fully saturated rings. The molecule has 2 bridgehead atoms. The van der Waals surface area contributed by atoms with Crippen LogP contribution in [0.5, 0.6) is 0 Å². The van der Waals surface area contributed by atoms with Crippen molar-refractivity contribution in [3.8, 4) is 0 Å². The zero-order valence-electron chi connectivity index (χ0n) is 11.5. The minimum Gasteiger partial charge on any atom is -0.370 e. The predicted octanol–water partition coefficient (Wildman–Crippen LogP) is 2.05. The molecule has 3 heteroatoms. The van der Waals surface area contributed by atoms with E-state index in [1.807, 2.05) is 0 Å². The molecule has 0 heterocycles. The maximum absolute atomic E-state index is 11.0. The molecule has 2 aliphatic rings. The van der Waals surface area contributed by atoms with E-state index >= 15 is 0 Å². The molecule has 3 N–H and O–H groups in total. The Kier molecular flexibility index (Phi) is 3.01. The number of hydrogen-bond donors (Lipinski definition) is 2. The molecule has 0 aromatic carbocycles. The highest BCUT2D eigenvalue weighted by atomic mass is 16.1. The molecule has 0 aromatic rings. The van der Waals surface area contributed by atoms with Crippen molar-refractivity contribution in [2.24, 2.45) is 22.5 Å². The molecule has 2 rings (SSSR count). The average Bonchev–Trinajstić information content (AvgIpc) is 2.63. The van der Waals surface area contributed by atoms with Gasteiger partial charge in [0.1, 0.15) is 0 Å². The van der Waals surface area contributed by atoms with Gasteiger partial charge in [0.2, 0.25) is 5.91 Å². The summed E-state index contributed by atoms with van der Waals surface area (Å²) in [6.45, 7) is 9.21. The number of carbonyl (C=O) groups is 1. The summed E-state index contributed by atoms with van der Waals surface area (Å²) in [6.07, 6.45) is 4.46. The molecule has 2 aliphatic carbocycles. The Morgan fingerprint density at radius 1 is 1.47 bits per heavy atom. The van der Waals surface area contributed by atoms with E-state index in [9.17, 15) is 4.79 Å². The Morgan fingerprint density at radius 2 is 2.12 bits per heavy atom. The molecule has 0 radical (unpaired) electrons. The van der Waals surface area contributed by atoms with Gasteiger partial charge >= 0.3 is 0 Å². The summed E-state index contributed by atoms with van der Waals surface area (Å²) in [7, 11) is 0. The minimum absolute atomic E-state index is 0.188. The molecule has 0 spiro atoms. The lowest BCUT2D eigenvalue weighted by atomic mass is 9.68. The van der Waals surface area contributed by atoms with Crippen molar-refractivity contribution in [3.63, 3.8) is 0 Å². The number of primary amides is 1. The molecule has 2 saturated carbocycles.